The molecule has 2 aliphatic heterocycles. The summed E-state index contributed by atoms with van der Waals surface area (Å²) >= 11 is 0. The summed E-state index contributed by atoms with van der Waals surface area (Å²) in [5, 5.41) is 0. The first kappa shape index (κ1) is 16.1. The fourth-order valence-electron chi connectivity index (χ4n) is 3.17. The summed E-state index contributed by atoms with van der Waals surface area (Å²) in [6.45, 7) is 8.95. The summed E-state index contributed by atoms with van der Waals surface area (Å²) in [6, 6.07) is 8.48. The monoisotopic (exact) mass is 316 g/mol. The van der Waals surface area contributed by atoms with Crippen LogP contribution in [0, 0.1) is 0 Å². The summed E-state index contributed by atoms with van der Waals surface area (Å²) in [6.07, 6.45) is 2.44. The molecule has 23 heavy (non-hydrogen) atoms. The van der Waals surface area contributed by atoms with E-state index in [0.717, 1.165) is 57.6 Å². The van der Waals surface area contributed by atoms with Gasteiger partial charge < -0.3 is 19.4 Å². The SMILES string of the molecule is CCCCN1CCN(C)/C1=N\c1ccccc1N1CCOCC1. The maximum absolute atomic E-state index is 5.48. The Morgan fingerprint density at radius 1 is 1.09 bits per heavy atom. The minimum Gasteiger partial charge on any atom is -0.378 e. The normalized spacial score (nSPS) is 20.6. The van der Waals surface area contributed by atoms with Crippen molar-refractivity contribution in [2.75, 3.05) is 57.9 Å². The Bertz CT molecular complexity index is 540. The average Bonchev–Trinajstić information content (AvgIpc) is 2.94. The van der Waals surface area contributed by atoms with Crippen LogP contribution in [-0.4, -0.2) is 68.7 Å². The molecule has 0 bridgehead atoms. The van der Waals surface area contributed by atoms with Gasteiger partial charge in [-0.25, -0.2) is 4.99 Å². The van der Waals surface area contributed by atoms with Crippen LogP contribution in [-0.2, 0) is 4.74 Å². The smallest absolute Gasteiger partial charge is 0.201 e. The number of unbranched alkanes of at least 4 members (excludes halogenated alkanes) is 1. The molecule has 1 aromatic carbocycles. The first-order valence-electron chi connectivity index (χ1n) is 8.76. The van der Waals surface area contributed by atoms with Gasteiger partial charge in [-0.15, -0.1) is 0 Å². The fraction of sp³-hybridized carbons (Fsp3) is 0.611. The highest BCUT2D eigenvalue weighted by molar-refractivity contribution is 5.86. The van der Waals surface area contributed by atoms with E-state index in [0.29, 0.717) is 0 Å². The Morgan fingerprint density at radius 3 is 2.65 bits per heavy atom. The molecular formula is C18H28N4O. The van der Waals surface area contributed by atoms with Crippen molar-refractivity contribution in [2.45, 2.75) is 19.8 Å². The van der Waals surface area contributed by atoms with E-state index >= 15 is 0 Å². The standard InChI is InChI=1S/C18H28N4O/c1-3-4-9-22-11-10-20(2)18(22)19-16-7-5-6-8-17(16)21-12-14-23-15-13-21/h5-8H,3-4,9-15H2,1-2H3/b19-18+. The van der Waals surface area contributed by atoms with Crippen molar-refractivity contribution in [3.05, 3.63) is 24.3 Å². The number of ether oxygens (including phenoxy) is 1. The zero-order valence-electron chi connectivity index (χ0n) is 14.4. The molecule has 0 saturated carbocycles. The number of rotatable bonds is 5. The van der Waals surface area contributed by atoms with Gasteiger partial charge in [0, 0.05) is 39.8 Å². The van der Waals surface area contributed by atoms with Crippen LogP contribution in [0.15, 0.2) is 29.3 Å². The highest BCUT2D eigenvalue weighted by Gasteiger charge is 2.24. The number of para-hydroxylation sites is 2. The predicted molar refractivity (Wildman–Crippen MR) is 95.7 cm³/mol. The Labute approximate surface area is 139 Å². The Balaban J connectivity index is 1.85. The van der Waals surface area contributed by atoms with Crippen LogP contribution in [0.1, 0.15) is 19.8 Å². The maximum Gasteiger partial charge on any atom is 0.201 e. The van der Waals surface area contributed by atoms with E-state index < -0.39 is 0 Å². The van der Waals surface area contributed by atoms with Gasteiger partial charge in [0.1, 0.15) is 0 Å². The zero-order chi connectivity index (χ0) is 16.1. The van der Waals surface area contributed by atoms with E-state index in [1.54, 1.807) is 0 Å². The second-order valence-corrected chi connectivity index (χ2v) is 6.26. The Kier molecular flexibility index (Phi) is 5.39. The molecule has 0 amide bonds. The summed E-state index contributed by atoms with van der Waals surface area (Å²) < 4.78 is 5.48. The van der Waals surface area contributed by atoms with Crippen molar-refractivity contribution in [1.29, 1.82) is 0 Å². The van der Waals surface area contributed by atoms with Gasteiger partial charge in [0.25, 0.3) is 0 Å². The molecule has 0 unspecified atom stereocenters. The quantitative estimate of drug-likeness (QED) is 0.835. The molecule has 5 nitrogen and oxygen atoms in total. The molecule has 3 rings (SSSR count). The number of benzene rings is 1. The predicted octanol–water partition coefficient (Wildman–Crippen LogP) is 2.56. The summed E-state index contributed by atoms with van der Waals surface area (Å²) in [5.41, 5.74) is 2.29. The van der Waals surface area contributed by atoms with Crippen LogP contribution in [0.3, 0.4) is 0 Å². The van der Waals surface area contributed by atoms with Crippen molar-refractivity contribution in [3.63, 3.8) is 0 Å². The number of morpholine rings is 1. The van der Waals surface area contributed by atoms with Crippen molar-refractivity contribution in [3.8, 4) is 0 Å². The number of likely N-dealkylation sites (N-methyl/N-ethyl adjacent to an activating group) is 1. The molecule has 0 N–H and O–H groups in total. The van der Waals surface area contributed by atoms with E-state index in [1.165, 1.54) is 18.5 Å². The van der Waals surface area contributed by atoms with Gasteiger partial charge in [0.15, 0.2) is 0 Å². The third-order valence-corrected chi connectivity index (χ3v) is 4.57. The Morgan fingerprint density at radius 2 is 1.87 bits per heavy atom. The first-order chi connectivity index (χ1) is 11.3. The number of hydrogen-bond donors (Lipinski definition) is 0. The van der Waals surface area contributed by atoms with E-state index in [4.69, 9.17) is 9.73 Å². The molecule has 2 saturated heterocycles. The van der Waals surface area contributed by atoms with Crippen LogP contribution in [0.5, 0.6) is 0 Å². The lowest BCUT2D eigenvalue weighted by atomic mass is 10.2. The lowest BCUT2D eigenvalue weighted by molar-refractivity contribution is 0.123. The van der Waals surface area contributed by atoms with Crippen LogP contribution >= 0.6 is 0 Å². The first-order valence-corrected chi connectivity index (χ1v) is 8.76. The van der Waals surface area contributed by atoms with Gasteiger partial charge in [-0.3, -0.25) is 0 Å². The maximum atomic E-state index is 5.48. The topological polar surface area (TPSA) is 31.3 Å². The molecule has 1 aromatic rings. The molecule has 0 spiro atoms. The number of guanidine groups is 1. The molecule has 0 aliphatic carbocycles. The van der Waals surface area contributed by atoms with Crippen LogP contribution in [0.2, 0.25) is 0 Å². The molecule has 2 aliphatic rings. The lowest BCUT2D eigenvalue weighted by Gasteiger charge is -2.30. The van der Waals surface area contributed by atoms with Crippen molar-refractivity contribution in [1.82, 2.24) is 9.80 Å². The second-order valence-electron chi connectivity index (χ2n) is 6.26. The molecule has 2 heterocycles. The largest absolute Gasteiger partial charge is 0.378 e. The molecule has 0 aromatic heterocycles. The average molecular weight is 316 g/mol. The number of anilines is 1. The van der Waals surface area contributed by atoms with E-state index in [2.05, 4.69) is 52.9 Å². The van der Waals surface area contributed by atoms with Crippen molar-refractivity contribution >= 4 is 17.3 Å². The zero-order valence-corrected chi connectivity index (χ0v) is 14.4. The highest BCUT2D eigenvalue weighted by Crippen LogP contribution is 2.30. The van der Waals surface area contributed by atoms with E-state index in [1.807, 2.05) is 0 Å². The number of nitrogens with zero attached hydrogens (tertiary/aromatic N) is 4. The van der Waals surface area contributed by atoms with Gasteiger partial charge in [0.05, 0.1) is 24.6 Å². The minimum absolute atomic E-state index is 0.799. The molecule has 2 fully saturated rings. The van der Waals surface area contributed by atoms with Crippen molar-refractivity contribution < 1.29 is 4.74 Å². The Hall–Kier alpha value is -1.75. The van der Waals surface area contributed by atoms with Crippen LogP contribution < -0.4 is 4.90 Å². The molecule has 0 radical (unpaired) electrons. The van der Waals surface area contributed by atoms with Gasteiger partial charge in [-0.2, -0.15) is 0 Å². The van der Waals surface area contributed by atoms with Crippen LogP contribution in [0.4, 0.5) is 11.4 Å². The van der Waals surface area contributed by atoms with Gasteiger partial charge >= 0.3 is 0 Å². The van der Waals surface area contributed by atoms with E-state index in [9.17, 15) is 0 Å². The van der Waals surface area contributed by atoms with Gasteiger partial charge in [0.2, 0.25) is 5.96 Å². The molecule has 5 heteroatoms. The van der Waals surface area contributed by atoms with E-state index in [-0.39, 0.29) is 0 Å². The summed E-state index contributed by atoms with van der Waals surface area (Å²) in [4.78, 5) is 12.1. The number of aliphatic imine (C=N–C) groups is 1. The van der Waals surface area contributed by atoms with Crippen LogP contribution in [0.25, 0.3) is 0 Å². The van der Waals surface area contributed by atoms with Crippen molar-refractivity contribution in [2.24, 2.45) is 4.99 Å². The third-order valence-electron chi connectivity index (χ3n) is 4.57. The summed E-state index contributed by atoms with van der Waals surface area (Å²) in [5.74, 6) is 1.11. The second kappa shape index (κ2) is 7.68. The van der Waals surface area contributed by atoms with Gasteiger partial charge in [-0.05, 0) is 18.6 Å². The lowest BCUT2D eigenvalue weighted by Crippen LogP contribution is -2.36. The van der Waals surface area contributed by atoms with Gasteiger partial charge in [-0.1, -0.05) is 25.5 Å². The minimum atomic E-state index is 0.799. The molecular weight excluding hydrogens is 288 g/mol. The molecule has 0 atom stereocenters. The fourth-order valence-corrected chi connectivity index (χ4v) is 3.17. The third kappa shape index (κ3) is 3.78. The summed E-state index contributed by atoms with van der Waals surface area (Å²) in [7, 11) is 2.14. The highest BCUT2D eigenvalue weighted by atomic mass is 16.5. The number of hydrogen-bond acceptors (Lipinski definition) is 3. The molecule has 126 valence electrons.